The normalized spacial score (nSPS) is 34.7. The average Bonchev–Trinajstić information content (AvgIpc) is 3.60. The molecule has 2 aromatic rings. The first kappa shape index (κ1) is 22.4. The number of carbonyl (C=O) groups excluding carboxylic acids is 1. The molecule has 3 fully saturated rings. The van der Waals surface area contributed by atoms with Gasteiger partial charge in [-0.05, 0) is 103 Å². The maximum absolute atomic E-state index is 13.3. The molecule has 2 aliphatic heterocycles. The summed E-state index contributed by atoms with van der Waals surface area (Å²) in [7, 11) is 1.86. The second kappa shape index (κ2) is 7.83. The van der Waals surface area contributed by atoms with Gasteiger partial charge in [-0.3, -0.25) is 9.69 Å². The minimum atomic E-state index is -0.389. The lowest BCUT2D eigenvalue weighted by molar-refractivity contribution is -0.207. The first-order valence-corrected chi connectivity index (χ1v) is 13.9. The number of phenols is 1. The van der Waals surface area contributed by atoms with E-state index in [0.29, 0.717) is 11.3 Å². The van der Waals surface area contributed by atoms with Crippen LogP contribution in [0, 0.1) is 9.49 Å². The Hall–Kier alpha value is -1.84. The highest BCUT2D eigenvalue weighted by atomic mass is 127. The van der Waals surface area contributed by atoms with Crippen molar-refractivity contribution in [2.24, 2.45) is 5.92 Å². The van der Waals surface area contributed by atoms with Crippen molar-refractivity contribution in [1.29, 1.82) is 0 Å². The number of methoxy groups -OCH3 is 1. The Bertz CT molecular complexity index is 1220. The third-order valence-corrected chi connectivity index (χ3v) is 10.2. The van der Waals surface area contributed by atoms with Crippen LogP contribution in [0.25, 0.3) is 0 Å². The summed E-state index contributed by atoms with van der Waals surface area (Å²) in [4.78, 5) is 16.0. The van der Waals surface area contributed by atoms with Crippen molar-refractivity contribution in [3.05, 3.63) is 56.7 Å². The number of hydrogen-bond donors (Lipinski definition) is 2. The Labute approximate surface area is 219 Å². The van der Waals surface area contributed by atoms with Crippen LogP contribution in [0.1, 0.15) is 53.6 Å². The number of carbonyl (C=O) groups is 1. The number of halogens is 1. The molecule has 7 rings (SSSR count). The van der Waals surface area contributed by atoms with E-state index >= 15 is 0 Å². The van der Waals surface area contributed by atoms with Crippen LogP contribution >= 0.6 is 22.6 Å². The number of nitrogens with one attached hydrogen (secondary N) is 1. The maximum Gasteiger partial charge on any atom is 0.251 e. The molecule has 35 heavy (non-hydrogen) atoms. The summed E-state index contributed by atoms with van der Waals surface area (Å²) in [5.74, 6) is 1.55. The van der Waals surface area contributed by atoms with Gasteiger partial charge < -0.3 is 19.9 Å². The molecule has 5 aliphatic rings. The molecule has 2 saturated carbocycles. The van der Waals surface area contributed by atoms with Crippen molar-refractivity contribution in [2.45, 2.75) is 67.7 Å². The van der Waals surface area contributed by atoms with Crippen LogP contribution in [0.5, 0.6) is 11.5 Å². The smallest absolute Gasteiger partial charge is 0.251 e. The van der Waals surface area contributed by atoms with Gasteiger partial charge in [-0.25, -0.2) is 0 Å². The van der Waals surface area contributed by atoms with E-state index in [-0.39, 0.29) is 40.9 Å². The van der Waals surface area contributed by atoms with Gasteiger partial charge in [0.15, 0.2) is 11.5 Å². The molecule has 3 aliphatic carbocycles. The predicted molar refractivity (Wildman–Crippen MR) is 140 cm³/mol. The Morgan fingerprint density at radius 3 is 2.89 bits per heavy atom. The second-order valence-electron chi connectivity index (χ2n) is 11.1. The van der Waals surface area contributed by atoms with Crippen molar-refractivity contribution in [3.63, 3.8) is 0 Å². The van der Waals surface area contributed by atoms with Crippen molar-refractivity contribution in [2.75, 3.05) is 20.2 Å². The molecule has 1 spiro atoms. The molecule has 3 unspecified atom stereocenters. The molecule has 5 atom stereocenters. The van der Waals surface area contributed by atoms with Gasteiger partial charge in [-0.15, -0.1) is 0 Å². The highest BCUT2D eigenvalue weighted by molar-refractivity contribution is 14.1. The highest BCUT2D eigenvalue weighted by Crippen LogP contribution is 2.66. The van der Waals surface area contributed by atoms with E-state index in [0.717, 1.165) is 53.8 Å². The van der Waals surface area contributed by atoms with Gasteiger partial charge in [-0.1, -0.05) is 12.1 Å². The fraction of sp³-hybridized carbons (Fsp3) is 0.536. The van der Waals surface area contributed by atoms with E-state index in [2.05, 4.69) is 38.9 Å². The lowest BCUT2D eigenvalue weighted by Crippen LogP contribution is -2.78. The zero-order valence-electron chi connectivity index (χ0n) is 19.9. The molecule has 6 nitrogen and oxygen atoms in total. The average molecular weight is 586 g/mol. The fourth-order valence-corrected chi connectivity index (χ4v) is 8.44. The Morgan fingerprint density at radius 1 is 1.26 bits per heavy atom. The van der Waals surface area contributed by atoms with E-state index in [1.807, 2.05) is 31.4 Å². The van der Waals surface area contributed by atoms with Gasteiger partial charge >= 0.3 is 0 Å². The zero-order valence-corrected chi connectivity index (χ0v) is 22.1. The molecule has 2 N–H and O–H groups in total. The molecule has 1 saturated heterocycles. The summed E-state index contributed by atoms with van der Waals surface area (Å²) in [6.45, 7) is 2.14. The van der Waals surface area contributed by atoms with Crippen LogP contribution in [0.4, 0.5) is 0 Å². The lowest BCUT2D eigenvalue weighted by atomic mass is 9.48. The topological polar surface area (TPSA) is 71.0 Å². The molecule has 2 aromatic carbocycles. The SMILES string of the molecule is CO[C@@]12CC[C@@H](NC(=O)c3cccc(I)c3)C3Oc4c(O)ccc5c4C31CCN(CC1CC1)C2C5. The number of amides is 1. The monoisotopic (exact) mass is 586 g/mol. The van der Waals surface area contributed by atoms with Crippen LogP contribution in [0.2, 0.25) is 0 Å². The van der Waals surface area contributed by atoms with Gasteiger partial charge in [0.2, 0.25) is 0 Å². The second-order valence-corrected chi connectivity index (χ2v) is 12.3. The summed E-state index contributed by atoms with van der Waals surface area (Å²) >= 11 is 2.24. The third-order valence-electron chi connectivity index (χ3n) is 9.49. The Kier molecular flexibility index (Phi) is 5.00. The minimum Gasteiger partial charge on any atom is -0.504 e. The van der Waals surface area contributed by atoms with Crippen LogP contribution in [0.15, 0.2) is 36.4 Å². The van der Waals surface area contributed by atoms with E-state index < -0.39 is 0 Å². The first-order valence-electron chi connectivity index (χ1n) is 12.8. The van der Waals surface area contributed by atoms with Gasteiger partial charge in [0.05, 0.1) is 17.1 Å². The van der Waals surface area contributed by atoms with Crippen molar-refractivity contribution >= 4 is 28.5 Å². The Morgan fingerprint density at radius 2 is 2.11 bits per heavy atom. The molecule has 2 heterocycles. The molecule has 1 amide bonds. The molecule has 2 bridgehead atoms. The summed E-state index contributed by atoms with van der Waals surface area (Å²) < 4.78 is 14.3. The van der Waals surface area contributed by atoms with E-state index in [1.165, 1.54) is 18.4 Å². The molecule has 0 aromatic heterocycles. The highest BCUT2D eigenvalue weighted by Gasteiger charge is 2.74. The first-order chi connectivity index (χ1) is 17.0. The van der Waals surface area contributed by atoms with Crippen LogP contribution < -0.4 is 10.1 Å². The Balaban J connectivity index is 1.31. The standard InChI is InChI=1S/C28H31IN2O4/c1-34-28-10-9-20(30-26(33)18-3-2-4-19(29)13-18)25-27(28)11-12-31(15-16-5-6-16)22(28)14-17-7-8-21(32)24(35-25)23(17)27/h2-4,7-8,13,16,20,22,25,32H,5-6,9-12,14-15H2,1H3,(H,30,33)/t20-,22?,25?,27?,28-/m1/s1. The summed E-state index contributed by atoms with van der Waals surface area (Å²) in [5.41, 5.74) is 2.30. The van der Waals surface area contributed by atoms with Crippen molar-refractivity contribution in [3.8, 4) is 11.5 Å². The lowest BCUT2D eigenvalue weighted by Gasteiger charge is -2.65. The largest absolute Gasteiger partial charge is 0.504 e. The van der Waals surface area contributed by atoms with Crippen LogP contribution in [0.3, 0.4) is 0 Å². The number of benzene rings is 2. The van der Waals surface area contributed by atoms with Crippen LogP contribution in [-0.4, -0.2) is 59.9 Å². The number of likely N-dealkylation sites (tertiary alicyclic amines) is 1. The number of piperidine rings is 1. The van der Waals surface area contributed by atoms with Crippen LogP contribution in [-0.2, 0) is 16.6 Å². The predicted octanol–water partition coefficient (Wildman–Crippen LogP) is 4.01. The summed E-state index contributed by atoms with van der Waals surface area (Å²) in [6.07, 6.45) is 5.88. The van der Waals surface area contributed by atoms with Crippen molar-refractivity contribution in [1.82, 2.24) is 10.2 Å². The van der Waals surface area contributed by atoms with Gasteiger partial charge in [-0.2, -0.15) is 0 Å². The number of phenolic OH excluding ortho intramolecular Hbond substituents is 1. The quantitative estimate of drug-likeness (QED) is 0.519. The van der Waals surface area contributed by atoms with Gasteiger partial charge in [0.25, 0.3) is 5.91 Å². The number of rotatable bonds is 5. The van der Waals surface area contributed by atoms with Crippen molar-refractivity contribution < 1.29 is 19.4 Å². The molecular weight excluding hydrogens is 555 g/mol. The molecule has 0 radical (unpaired) electrons. The minimum absolute atomic E-state index is 0.0719. The maximum atomic E-state index is 13.3. The number of hydrogen-bond acceptors (Lipinski definition) is 5. The van der Waals surface area contributed by atoms with Gasteiger partial charge in [0, 0.05) is 34.4 Å². The van der Waals surface area contributed by atoms with E-state index in [9.17, 15) is 9.90 Å². The third kappa shape index (κ3) is 3.04. The van der Waals surface area contributed by atoms with Gasteiger partial charge in [0.1, 0.15) is 6.10 Å². The molecule has 184 valence electrons. The zero-order chi connectivity index (χ0) is 23.9. The summed E-state index contributed by atoms with van der Waals surface area (Å²) in [6, 6.07) is 11.7. The van der Waals surface area contributed by atoms with E-state index in [1.54, 1.807) is 6.07 Å². The summed E-state index contributed by atoms with van der Waals surface area (Å²) in [5, 5.41) is 14.2. The number of nitrogens with zero attached hydrogens (tertiary/aromatic N) is 1. The van der Waals surface area contributed by atoms with E-state index in [4.69, 9.17) is 9.47 Å². The number of ether oxygens (including phenoxy) is 2. The fourth-order valence-electron chi connectivity index (χ4n) is 7.90. The number of aromatic hydroxyl groups is 1. The molecular formula is C28H31IN2O4. The molecule has 7 heteroatoms.